The molecule has 4 heteroatoms. The third-order valence-electron chi connectivity index (χ3n) is 3.10. The zero-order valence-electron chi connectivity index (χ0n) is 11.6. The molecule has 0 fully saturated rings. The molecular weight excluding hydrogens is 242 g/mol. The summed E-state index contributed by atoms with van der Waals surface area (Å²) in [6.45, 7) is 4.09. The van der Waals surface area contributed by atoms with Gasteiger partial charge in [0.2, 0.25) is 0 Å². The largest absolute Gasteiger partial charge is 0.496 e. The van der Waals surface area contributed by atoms with Crippen LogP contribution in [0, 0.1) is 13.8 Å². The lowest BCUT2D eigenvalue weighted by atomic mass is 10.0. The van der Waals surface area contributed by atoms with Gasteiger partial charge < -0.3 is 15.6 Å². The molecule has 0 aromatic heterocycles. The Morgan fingerprint density at radius 2 is 2.05 bits per heavy atom. The van der Waals surface area contributed by atoms with Gasteiger partial charge in [0.1, 0.15) is 11.8 Å². The zero-order valence-corrected chi connectivity index (χ0v) is 11.6. The minimum Gasteiger partial charge on any atom is -0.496 e. The van der Waals surface area contributed by atoms with Crippen LogP contribution in [0.1, 0.15) is 29.5 Å². The van der Waals surface area contributed by atoms with E-state index in [9.17, 15) is 4.79 Å². The quantitative estimate of drug-likeness (QED) is 0.827. The molecule has 19 heavy (non-hydrogen) atoms. The molecule has 1 rings (SSSR count). The van der Waals surface area contributed by atoms with Crippen molar-refractivity contribution in [2.24, 2.45) is 5.73 Å². The molecule has 1 atom stereocenters. The van der Waals surface area contributed by atoms with Gasteiger partial charge in [-0.25, -0.2) is 0 Å². The number of nitrogens with two attached hydrogens (primary N) is 1. The highest BCUT2D eigenvalue weighted by Crippen LogP contribution is 2.24. The lowest BCUT2D eigenvalue weighted by molar-refractivity contribution is -0.138. The number of carbonyl (C=O) groups is 1. The minimum atomic E-state index is -0.961. The van der Waals surface area contributed by atoms with Crippen LogP contribution in [0.2, 0.25) is 0 Å². The van der Waals surface area contributed by atoms with Crippen LogP contribution in [0.3, 0.4) is 0 Å². The monoisotopic (exact) mass is 263 g/mol. The summed E-state index contributed by atoms with van der Waals surface area (Å²) in [7, 11) is 1.64. The standard InChI is InChI=1S/C15H21NO3/c1-10-8-12(14(19-3)9-11(10)2)6-4-5-7-13(16)15(17)18/h4,6,8-9,13H,5,7,16H2,1-3H3,(H,17,18)/b6-4+. The highest BCUT2D eigenvalue weighted by atomic mass is 16.5. The molecule has 1 aromatic rings. The number of hydrogen-bond donors (Lipinski definition) is 2. The topological polar surface area (TPSA) is 72.5 Å². The van der Waals surface area contributed by atoms with E-state index < -0.39 is 12.0 Å². The van der Waals surface area contributed by atoms with Crippen LogP contribution in [0.25, 0.3) is 6.08 Å². The van der Waals surface area contributed by atoms with Crippen molar-refractivity contribution in [2.75, 3.05) is 7.11 Å². The van der Waals surface area contributed by atoms with E-state index in [0.29, 0.717) is 12.8 Å². The summed E-state index contributed by atoms with van der Waals surface area (Å²) in [6, 6.07) is 3.26. The van der Waals surface area contributed by atoms with Crippen LogP contribution < -0.4 is 10.5 Å². The number of hydrogen-bond acceptors (Lipinski definition) is 3. The van der Waals surface area contributed by atoms with Crippen LogP contribution in [0.5, 0.6) is 5.75 Å². The van der Waals surface area contributed by atoms with Crippen molar-refractivity contribution in [3.05, 3.63) is 34.9 Å². The molecule has 0 amide bonds. The van der Waals surface area contributed by atoms with Gasteiger partial charge in [-0.1, -0.05) is 12.2 Å². The maximum atomic E-state index is 10.6. The second-order valence-electron chi connectivity index (χ2n) is 4.60. The van der Waals surface area contributed by atoms with E-state index in [4.69, 9.17) is 15.6 Å². The molecule has 4 nitrogen and oxygen atoms in total. The summed E-state index contributed by atoms with van der Waals surface area (Å²) in [6.07, 6.45) is 4.93. The molecule has 0 heterocycles. The van der Waals surface area contributed by atoms with Gasteiger partial charge in [0.05, 0.1) is 7.11 Å². The highest BCUT2D eigenvalue weighted by molar-refractivity contribution is 5.73. The predicted octanol–water partition coefficient (Wildman–Crippen LogP) is 2.52. The Morgan fingerprint density at radius 1 is 1.42 bits per heavy atom. The number of ether oxygens (including phenoxy) is 1. The molecule has 0 bridgehead atoms. The Labute approximate surface area is 113 Å². The molecule has 0 saturated heterocycles. The molecule has 3 N–H and O–H groups in total. The number of carboxylic acids is 1. The summed E-state index contributed by atoms with van der Waals surface area (Å²) in [5.74, 6) is -0.140. The highest BCUT2D eigenvalue weighted by Gasteiger charge is 2.09. The van der Waals surface area contributed by atoms with Crippen molar-refractivity contribution in [2.45, 2.75) is 32.7 Å². The van der Waals surface area contributed by atoms with Gasteiger partial charge in [-0.15, -0.1) is 0 Å². The van der Waals surface area contributed by atoms with Gasteiger partial charge in [0, 0.05) is 5.56 Å². The average Bonchev–Trinajstić information content (AvgIpc) is 2.37. The smallest absolute Gasteiger partial charge is 0.320 e. The summed E-state index contributed by atoms with van der Waals surface area (Å²) in [4.78, 5) is 10.6. The van der Waals surface area contributed by atoms with Crippen molar-refractivity contribution in [3.8, 4) is 5.75 Å². The summed E-state index contributed by atoms with van der Waals surface area (Å²) < 4.78 is 5.33. The molecular formula is C15H21NO3. The Hall–Kier alpha value is -1.81. The second-order valence-corrected chi connectivity index (χ2v) is 4.60. The van der Waals surface area contributed by atoms with Crippen LogP contribution >= 0.6 is 0 Å². The van der Waals surface area contributed by atoms with Crippen molar-refractivity contribution in [1.29, 1.82) is 0 Å². The number of methoxy groups -OCH3 is 1. The first-order valence-electron chi connectivity index (χ1n) is 6.26. The van der Waals surface area contributed by atoms with Crippen molar-refractivity contribution >= 4 is 12.0 Å². The van der Waals surface area contributed by atoms with E-state index in [1.54, 1.807) is 7.11 Å². The number of aliphatic carboxylic acids is 1. The van der Waals surface area contributed by atoms with Crippen molar-refractivity contribution < 1.29 is 14.6 Å². The Kier molecular flexibility index (Phi) is 5.57. The number of rotatable bonds is 6. The fourth-order valence-electron chi connectivity index (χ4n) is 1.73. The normalized spacial score (nSPS) is 12.6. The molecule has 1 aromatic carbocycles. The van der Waals surface area contributed by atoms with Gasteiger partial charge in [-0.05, 0) is 49.9 Å². The van der Waals surface area contributed by atoms with Gasteiger partial charge in [-0.2, -0.15) is 0 Å². The maximum Gasteiger partial charge on any atom is 0.320 e. The second kappa shape index (κ2) is 6.95. The van der Waals surface area contributed by atoms with E-state index >= 15 is 0 Å². The third kappa shape index (κ3) is 4.41. The van der Waals surface area contributed by atoms with E-state index in [2.05, 4.69) is 6.07 Å². The molecule has 0 aliphatic carbocycles. The van der Waals surface area contributed by atoms with Gasteiger partial charge in [0.15, 0.2) is 0 Å². The van der Waals surface area contributed by atoms with E-state index in [0.717, 1.165) is 11.3 Å². The first kappa shape index (κ1) is 15.2. The third-order valence-corrected chi connectivity index (χ3v) is 3.10. The Balaban J connectivity index is 2.71. The fourth-order valence-corrected chi connectivity index (χ4v) is 1.73. The summed E-state index contributed by atoms with van der Waals surface area (Å²) in [5.41, 5.74) is 8.81. The Morgan fingerprint density at radius 3 is 2.63 bits per heavy atom. The first-order chi connectivity index (χ1) is 8.95. The van der Waals surface area contributed by atoms with E-state index in [1.807, 2.05) is 32.1 Å². The maximum absolute atomic E-state index is 10.6. The van der Waals surface area contributed by atoms with Gasteiger partial charge >= 0.3 is 5.97 Å². The predicted molar refractivity (Wildman–Crippen MR) is 76.3 cm³/mol. The van der Waals surface area contributed by atoms with Crippen molar-refractivity contribution in [3.63, 3.8) is 0 Å². The summed E-state index contributed by atoms with van der Waals surface area (Å²) in [5, 5.41) is 8.68. The summed E-state index contributed by atoms with van der Waals surface area (Å²) >= 11 is 0. The minimum absolute atomic E-state index is 0.430. The number of benzene rings is 1. The average molecular weight is 263 g/mol. The first-order valence-corrected chi connectivity index (χ1v) is 6.26. The number of allylic oxidation sites excluding steroid dienone is 1. The number of aryl methyl sites for hydroxylation is 2. The molecule has 0 radical (unpaired) electrons. The van der Waals surface area contributed by atoms with Crippen LogP contribution in [0.15, 0.2) is 18.2 Å². The van der Waals surface area contributed by atoms with Crippen molar-refractivity contribution in [1.82, 2.24) is 0 Å². The fraction of sp³-hybridized carbons (Fsp3) is 0.400. The molecule has 0 aliphatic rings. The zero-order chi connectivity index (χ0) is 14.4. The van der Waals surface area contributed by atoms with E-state index in [1.165, 1.54) is 11.1 Å². The lowest BCUT2D eigenvalue weighted by Gasteiger charge is -2.09. The molecule has 0 spiro atoms. The molecule has 0 saturated carbocycles. The SMILES string of the molecule is COc1cc(C)c(C)cc1/C=C/CCC(N)C(=O)O. The Bertz CT molecular complexity index is 481. The molecule has 1 unspecified atom stereocenters. The van der Waals surface area contributed by atoms with Crippen LogP contribution in [-0.4, -0.2) is 24.2 Å². The molecule has 0 aliphatic heterocycles. The van der Waals surface area contributed by atoms with Crippen LogP contribution in [0.4, 0.5) is 0 Å². The van der Waals surface area contributed by atoms with Gasteiger partial charge in [0.25, 0.3) is 0 Å². The number of carboxylic acid groups (broad SMARTS) is 1. The molecule has 104 valence electrons. The lowest BCUT2D eigenvalue weighted by Crippen LogP contribution is -2.29. The van der Waals surface area contributed by atoms with Gasteiger partial charge in [-0.3, -0.25) is 4.79 Å². The van der Waals surface area contributed by atoms with Crippen LogP contribution in [-0.2, 0) is 4.79 Å². The van der Waals surface area contributed by atoms with E-state index in [-0.39, 0.29) is 0 Å².